The van der Waals surface area contributed by atoms with Crippen molar-refractivity contribution >= 4 is 29.2 Å². The standard InChI is InChI=1S/C21H18N2O5S/c1-26-15-6-7-18(14(10-15)12-24)28-13-21(25)23-17(19-4-2-8-27-19)11-16(22-23)20-5-3-9-29-20/h2-10,12,17H,11,13H2,1H3. The zero-order valence-electron chi connectivity index (χ0n) is 15.6. The van der Waals surface area contributed by atoms with E-state index < -0.39 is 0 Å². The lowest BCUT2D eigenvalue weighted by Crippen LogP contribution is -2.31. The molecule has 0 bridgehead atoms. The molecule has 0 saturated heterocycles. The van der Waals surface area contributed by atoms with E-state index in [2.05, 4.69) is 5.10 Å². The SMILES string of the molecule is COc1ccc(OCC(=O)N2N=C(c3cccs3)CC2c2ccco2)c(C=O)c1. The van der Waals surface area contributed by atoms with Gasteiger partial charge in [0, 0.05) is 6.42 Å². The molecule has 8 heteroatoms. The highest BCUT2D eigenvalue weighted by Crippen LogP contribution is 2.34. The Morgan fingerprint density at radius 2 is 2.24 bits per heavy atom. The zero-order chi connectivity index (χ0) is 20.2. The van der Waals surface area contributed by atoms with Crippen LogP contribution in [0.2, 0.25) is 0 Å². The molecule has 0 spiro atoms. The molecule has 0 saturated carbocycles. The number of hydrogen-bond acceptors (Lipinski definition) is 7. The molecular formula is C21H18N2O5S. The van der Waals surface area contributed by atoms with Gasteiger partial charge in [0.2, 0.25) is 0 Å². The fourth-order valence-electron chi connectivity index (χ4n) is 3.12. The van der Waals surface area contributed by atoms with Crippen molar-refractivity contribution in [2.24, 2.45) is 5.10 Å². The van der Waals surface area contributed by atoms with Crippen molar-refractivity contribution in [2.45, 2.75) is 12.5 Å². The monoisotopic (exact) mass is 410 g/mol. The van der Waals surface area contributed by atoms with Gasteiger partial charge in [0.25, 0.3) is 5.91 Å². The van der Waals surface area contributed by atoms with E-state index in [0.717, 1.165) is 10.6 Å². The number of amides is 1. The Bertz CT molecular complexity index is 1030. The molecule has 0 aliphatic carbocycles. The molecule has 1 aromatic carbocycles. The van der Waals surface area contributed by atoms with E-state index in [9.17, 15) is 9.59 Å². The first-order valence-corrected chi connectivity index (χ1v) is 9.80. The van der Waals surface area contributed by atoms with Crippen molar-refractivity contribution in [3.05, 3.63) is 70.3 Å². The van der Waals surface area contributed by atoms with E-state index in [1.54, 1.807) is 41.9 Å². The first kappa shape index (κ1) is 18.9. The summed E-state index contributed by atoms with van der Waals surface area (Å²) in [5.41, 5.74) is 1.14. The highest BCUT2D eigenvalue weighted by molar-refractivity contribution is 7.12. The second kappa shape index (κ2) is 8.32. The minimum atomic E-state index is -0.334. The third-order valence-electron chi connectivity index (χ3n) is 4.54. The minimum absolute atomic E-state index is 0.258. The van der Waals surface area contributed by atoms with E-state index in [1.165, 1.54) is 12.1 Å². The zero-order valence-corrected chi connectivity index (χ0v) is 16.4. The van der Waals surface area contributed by atoms with Gasteiger partial charge in [-0.15, -0.1) is 11.3 Å². The van der Waals surface area contributed by atoms with Crippen LogP contribution in [-0.4, -0.2) is 36.6 Å². The predicted octanol–water partition coefficient (Wildman–Crippen LogP) is 3.92. The van der Waals surface area contributed by atoms with Gasteiger partial charge in [-0.3, -0.25) is 9.59 Å². The lowest BCUT2D eigenvalue weighted by molar-refractivity contribution is -0.135. The second-order valence-electron chi connectivity index (χ2n) is 6.31. The maximum atomic E-state index is 12.9. The summed E-state index contributed by atoms with van der Waals surface area (Å²) in [5.74, 6) is 1.18. The van der Waals surface area contributed by atoms with Crippen LogP contribution in [0.4, 0.5) is 0 Å². The molecule has 1 aliphatic rings. The van der Waals surface area contributed by atoms with Crippen LogP contribution in [0.3, 0.4) is 0 Å². The molecule has 148 valence electrons. The summed E-state index contributed by atoms with van der Waals surface area (Å²) in [6, 6.07) is 12.0. The van der Waals surface area contributed by atoms with Gasteiger partial charge in [-0.25, -0.2) is 5.01 Å². The minimum Gasteiger partial charge on any atom is -0.497 e. The molecule has 7 nitrogen and oxygen atoms in total. The molecule has 3 heterocycles. The molecule has 4 rings (SSSR count). The van der Waals surface area contributed by atoms with Gasteiger partial charge in [-0.1, -0.05) is 6.07 Å². The molecule has 1 aliphatic heterocycles. The summed E-state index contributed by atoms with van der Waals surface area (Å²) in [5, 5.41) is 7.90. The Hall–Kier alpha value is -3.39. The number of aldehydes is 1. The molecule has 0 radical (unpaired) electrons. The number of hydrogen-bond donors (Lipinski definition) is 0. The van der Waals surface area contributed by atoms with E-state index in [4.69, 9.17) is 13.9 Å². The Kier molecular flexibility index (Phi) is 5.44. The van der Waals surface area contributed by atoms with Crippen LogP contribution in [0.5, 0.6) is 11.5 Å². The molecule has 0 N–H and O–H groups in total. The van der Waals surface area contributed by atoms with Gasteiger partial charge in [-0.2, -0.15) is 5.10 Å². The first-order valence-electron chi connectivity index (χ1n) is 8.92. The Morgan fingerprint density at radius 1 is 1.34 bits per heavy atom. The number of carbonyl (C=O) groups is 2. The number of ether oxygens (including phenoxy) is 2. The quantitative estimate of drug-likeness (QED) is 0.552. The third kappa shape index (κ3) is 3.93. The average molecular weight is 410 g/mol. The van der Waals surface area contributed by atoms with Crippen molar-refractivity contribution in [1.82, 2.24) is 5.01 Å². The van der Waals surface area contributed by atoms with Crippen LogP contribution in [0.25, 0.3) is 0 Å². The average Bonchev–Trinajstić information content (AvgIpc) is 3.51. The normalized spacial score (nSPS) is 15.8. The molecule has 29 heavy (non-hydrogen) atoms. The number of carbonyl (C=O) groups excluding carboxylic acids is 2. The van der Waals surface area contributed by atoms with Crippen LogP contribution < -0.4 is 9.47 Å². The van der Waals surface area contributed by atoms with Crippen LogP contribution >= 0.6 is 11.3 Å². The molecule has 0 fully saturated rings. The Balaban J connectivity index is 1.53. The van der Waals surface area contributed by atoms with E-state index in [-0.39, 0.29) is 18.6 Å². The fourth-order valence-corrected chi connectivity index (χ4v) is 3.84. The molecule has 1 amide bonds. The summed E-state index contributed by atoms with van der Waals surface area (Å²) in [4.78, 5) is 25.2. The lowest BCUT2D eigenvalue weighted by Gasteiger charge is -2.20. The number of methoxy groups -OCH3 is 1. The topological polar surface area (TPSA) is 81.3 Å². The van der Waals surface area contributed by atoms with E-state index in [0.29, 0.717) is 35.5 Å². The van der Waals surface area contributed by atoms with Crippen molar-refractivity contribution in [3.63, 3.8) is 0 Å². The van der Waals surface area contributed by atoms with Gasteiger partial charge in [0.15, 0.2) is 12.9 Å². The first-order chi connectivity index (χ1) is 14.2. The highest BCUT2D eigenvalue weighted by Gasteiger charge is 2.35. The number of rotatable bonds is 7. The number of furan rings is 1. The molecule has 3 aromatic rings. The van der Waals surface area contributed by atoms with E-state index >= 15 is 0 Å². The Labute approximate surface area is 171 Å². The van der Waals surface area contributed by atoms with Gasteiger partial charge < -0.3 is 13.9 Å². The fraction of sp³-hybridized carbons (Fsp3) is 0.190. The van der Waals surface area contributed by atoms with Crippen molar-refractivity contribution in [3.8, 4) is 11.5 Å². The maximum absolute atomic E-state index is 12.9. The molecule has 1 unspecified atom stereocenters. The summed E-state index contributed by atoms with van der Waals surface area (Å²) >= 11 is 1.57. The number of benzene rings is 1. The van der Waals surface area contributed by atoms with Crippen LogP contribution in [0, 0.1) is 0 Å². The lowest BCUT2D eigenvalue weighted by atomic mass is 10.1. The largest absolute Gasteiger partial charge is 0.497 e. The van der Waals surface area contributed by atoms with Gasteiger partial charge in [-0.05, 0) is 41.8 Å². The molecular weight excluding hydrogens is 392 g/mol. The van der Waals surface area contributed by atoms with Crippen LogP contribution in [0.15, 0.2) is 63.6 Å². The molecule has 2 aromatic heterocycles. The van der Waals surface area contributed by atoms with Gasteiger partial charge in [0.05, 0.1) is 29.5 Å². The predicted molar refractivity (Wildman–Crippen MR) is 108 cm³/mol. The number of nitrogens with zero attached hydrogens (tertiary/aromatic N) is 2. The van der Waals surface area contributed by atoms with Gasteiger partial charge in [0.1, 0.15) is 23.3 Å². The number of hydrazone groups is 1. The summed E-state index contributed by atoms with van der Waals surface area (Å²) in [6.07, 6.45) is 2.80. The smallest absolute Gasteiger partial charge is 0.281 e. The van der Waals surface area contributed by atoms with Crippen molar-refractivity contribution in [2.75, 3.05) is 13.7 Å². The second-order valence-corrected chi connectivity index (χ2v) is 7.26. The van der Waals surface area contributed by atoms with Crippen LogP contribution in [0.1, 0.15) is 33.5 Å². The summed E-state index contributed by atoms with van der Waals surface area (Å²) < 4.78 is 16.2. The third-order valence-corrected chi connectivity index (χ3v) is 5.46. The summed E-state index contributed by atoms with van der Waals surface area (Å²) in [6.45, 7) is -0.258. The Morgan fingerprint density at radius 3 is 2.93 bits per heavy atom. The maximum Gasteiger partial charge on any atom is 0.281 e. The van der Waals surface area contributed by atoms with Crippen LogP contribution in [-0.2, 0) is 4.79 Å². The summed E-state index contributed by atoms with van der Waals surface area (Å²) in [7, 11) is 1.51. The molecule has 1 atom stereocenters. The number of thiophene rings is 1. The highest BCUT2D eigenvalue weighted by atomic mass is 32.1. The van der Waals surface area contributed by atoms with Crippen molar-refractivity contribution in [1.29, 1.82) is 0 Å². The van der Waals surface area contributed by atoms with Gasteiger partial charge >= 0.3 is 0 Å². The van der Waals surface area contributed by atoms with E-state index in [1.807, 2.05) is 23.6 Å². The van der Waals surface area contributed by atoms with Crippen molar-refractivity contribution < 1.29 is 23.5 Å².